The zero-order valence-electron chi connectivity index (χ0n) is 6.14. The molecule has 0 aliphatic heterocycles. The lowest BCUT2D eigenvalue weighted by Crippen LogP contribution is -2.23. The van der Waals surface area contributed by atoms with Crippen LogP contribution >= 0.6 is 12.2 Å². The molecule has 0 radical (unpaired) electrons. The Balaban J connectivity index is 2.52. The summed E-state index contributed by atoms with van der Waals surface area (Å²) >= 11 is 4.54. The van der Waals surface area contributed by atoms with E-state index in [1.807, 2.05) is 0 Å². The number of hydrazone groups is 1. The molecule has 0 saturated carbocycles. The van der Waals surface area contributed by atoms with E-state index in [1.54, 1.807) is 24.7 Å². The van der Waals surface area contributed by atoms with Crippen LogP contribution in [0.15, 0.2) is 23.6 Å². The van der Waals surface area contributed by atoms with E-state index in [1.165, 1.54) is 0 Å². The number of hydrogen-bond donors (Lipinski definition) is 2. The van der Waals surface area contributed by atoms with Crippen LogP contribution in [0.4, 0.5) is 0 Å². The van der Waals surface area contributed by atoms with Gasteiger partial charge in [-0.3, -0.25) is 5.43 Å². The quantitative estimate of drug-likeness (QED) is 0.370. The highest BCUT2D eigenvalue weighted by atomic mass is 32.1. The molecule has 0 unspecified atom stereocenters. The highest BCUT2D eigenvalue weighted by molar-refractivity contribution is 7.80. The Bertz CT molecular complexity index is 283. The SMILES string of the molecule is NC(=S)N/N=C/c1ccnnc1. The maximum atomic E-state index is 5.14. The molecular formula is C6H7N5S. The summed E-state index contributed by atoms with van der Waals surface area (Å²) in [6, 6.07) is 1.76. The van der Waals surface area contributed by atoms with Gasteiger partial charge in [-0.2, -0.15) is 15.3 Å². The Morgan fingerprint density at radius 1 is 1.67 bits per heavy atom. The lowest BCUT2D eigenvalue weighted by Gasteiger charge is -1.92. The molecule has 0 amide bonds. The molecule has 0 saturated heterocycles. The summed E-state index contributed by atoms with van der Waals surface area (Å²) in [4.78, 5) is 0. The van der Waals surface area contributed by atoms with Crippen LogP contribution in [0, 0.1) is 0 Å². The predicted octanol–water partition coefficient (Wildman–Crippen LogP) is -0.356. The monoisotopic (exact) mass is 181 g/mol. The Morgan fingerprint density at radius 3 is 3.08 bits per heavy atom. The van der Waals surface area contributed by atoms with E-state index in [4.69, 9.17) is 5.73 Å². The van der Waals surface area contributed by atoms with Crippen molar-refractivity contribution in [3.8, 4) is 0 Å². The first-order valence-corrected chi connectivity index (χ1v) is 3.55. The maximum absolute atomic E-state index is 5.14. The molecule has 1 heterocycles. The van der Waals surface area contributed by atoms with E-state index in [9.17, 15) is 0 Å². The first-order chi connectivity index (χ1) is 5.79. The number of rotatable bonds is 2. The minimum atomic E-state index is 0.133. The average molecular weight is 181 g/mol. The smallest absolute Gasteiger partial charge is 0.184 e. The van der Waals surface area contributed by atoms with Crippen molar-refractivity contribution >= 4 is 23.5 Å². The number of nitrogens with two attached hydrogens (primary N) is 1. The Kier molecular flexibility index (Phi) is 3.09. The van der Waals surface area contributed by atoms with Gasteiger partial charge in [0.1, 0.15) is 0 Å². The van der Waals surface area contributed by atoms with Gasteiger partial charge in [-0.15, -0.1) is 0 Å². The molecule has 0 aliphatic rings. The van der Waals surface area contributed by atoms with Crippen LogP contribution in [0.5, 0.6) is 0 Å². The molecule has 1 aromatic heterocycles. The van der Waals surface area contributed by atoms with Gasteiger partial charge >= 0.3 is 0 Å². The normalized spacial score (nSPS) is 10.0. The summed E-state index contributed by atoms with van der Waals surface area (Å²) in [5.41, 5.74) is 8.39. The molecule has 6 heteroatoms. The van der Waals surface area contributed by atoms with Crippen LogP contribution in [0.2, 0.25) is 0 Å². The molecule has 1 rings (SSSR count). The molecule has 62 valence electrons. The van der Waals surface area contributed by atoms with Crippen molar-refractivity contribution in [3.05, 3.63) is 24.0 Å². The second-order valence-corrected chi connectivity index (χ2v) is 2.35. The summed E-state index contributed by atoms with van der Waals surface area (Å²) in [6.07, 6.45) is 4.70. The second kappa shape index (κ2) is 4.35. The van der Waals surface area contributed by atoms with E-state index in [2.05, 4.69) is 32.9 Å². The van der Waals surface area contributed by atoms with Gasteiger partial charge < -0.3 is 5.73 Å². The fraction of sp³-hybridized carbons (Fsp3) is 0. The third kappa shape index (κ3) is 3.02. The molecule has 1 aromatic rings. The van der Waals surface area contributed by atoms with Gasteiger partial charge in [-0.05, 0) is 18.3 Å². The van der Waals surface area contributed by atoms with E-state index in [0.29, 0.717) is 0 Å². The number of nitrogens with one attached hydrogen (secondary N) is 1. The van der Waals surface area contributed by atoms with Crippen molar-refractivity contribution in [2.45, 2.75) is 0 Å². The van der Waals surface area contributed by atoms with Crippen LogP contribution in [-0.2, 0) is 0 Å². The summed E-state index contributed by atoms with van der Waals surface area (Å²) in [5.74, 6) is 0. The highest BCUT2D eigenvalue weighted by Crippen LogP contribution is 1.86. The summed E-state index contributed by atoms with van der Waals surface area (Å²) in [7, 11) is 0. The van der Waals surface area contributed by atoms with Gasteiger partial charge in [0, 0.05) is 5.56 Å². The topological polar surface area (TPSA) is 76.2 Å². The molecular weight excluding hydrogens is 174 g/mol. The van der Waals surface area contributed by atoms with Crippen molar-refractivity contribution in [2.75, 3.05) is 0 Å². The number of thiocarbonyl (C=S) groups is 1. The second-order valence-electron chi connectivity index (χ2n) is 1.91. The van der Waals surface area contributed by atoms with Crippen molar-refractivity contribution in [1.82, 2.24) is 15.6 Å². The minimum absolute atomic E-state index is 0.133. The molecule has 0 atom stereocenters. The zero-order valence-corrected chi connectivity index (χ0v) is 6.95. The zero-order chi connectivity index (χ0) is 8.81. The summed E-state index contributed by atoms with van der Waals surface area (Å²) < 4.78 is 0. The predicted molar refractivity (Wildman–Crippen MR) is 49.5 cm³/mol. The average Bonchev–Trinajstić information content (AvgIpc) is 2.05. The third-order valence-corrected chi connectivity index (χ3v) is 1.09. The van der Waals surface area contributed by atoms with E-state index in [-0.39, 0.29) is 5.11 Å². The largest absolute Gasteiger partial charge is 0.375 e. The lowest BCUT2D eigenvalue weighted by atomic mass is 10.3. The van der Waals surface area contributed by atoms with Crippen molar-refractivity contribution < 1.29 is 0 Å². The lowest BCUT2D eigenvalue weighted by molar-refractivity contribution is 1.02. The standard InChI is InChI=1S/C6H7N5S/c7-6(12)11-10-4-5-1-2-8-9-3-5/h1-4H,(H3,7,11,12)/b10-4+. The van der Waals surface area contributed by atoms with Crippen molar-refractivity contribution in [3.63, 3.8) is 0 Å². The first kappa shape index (κ1) is 8.54. The molecule has 0 aromatic carbocycles. The van der Waals surface area contributed by atoms with Crippen LogP contribution in [0.1, 0.15) is 5.56 Å². The third-order valence-electron chi connectivity index (χ3n) is 0.995. The van der Waals surface area contributed by atoms with Gasteiger partial charge in [0.15, 0.2) is 5.11 Å². The first-order valence-electron chi connectivity index (χ1n) is 3.14. The molecule has 3 N–H and O–H groups in total. The summed E-state index contributed by atoms with van der Waals surface area (Å²) in [5, 5.41) is 11.1. The Morgan fingerprint density at radius 2 is 2.50 bits per heavy atom. The summed E-state index contributed by atoms with van der Waals surface area (Å²) in [6.45, 7) is 0. The van der Waals surface area contributed by atoms with Gasteiger partial charge in [-0.25, -0.2) is 0 Å². The fourth-order valence-electron chi connectivity index (χ4n) is 0.548. The van der Waals surface area contributed by atoms with Crippen molar-refractivity contribution in [1.29, 1.82) is 0 Å². The Hall–Kier alpha value is -1.56. The van der Waals surface area contributed by atoms with Gasteiger partial charge in [0.2, 0.25) is 0 Å². The highest BCUT2D eigenvalue weighted by Gasteiger charge is 1.84. The van der Waals surface area contributed by atoms with Crippen LogP contribution in [-0.4, -0.2) is 21.5 Å². The van der Waals surface area contributed by atoms with Crippen LogP contribution in [0.25, 0.3) is 0 Å². The molecule has 0 fully saturated rings. The van der Waals surface area contributed by atoms with Crippen LogP contribution in [0.3, 0.4) is 0 Å². The van der Waals surface area contributed by atoms with E-state index >= 15 is 0 Å². The molecule has 0 spiro atoms. The fourth-order valence-corrected chi connectivity index (χ4v) is 0.600. The Labute approximate surface area is 74.7 Å². The maximum Gasteiger partial charge on any atom is 0.184 e. The number of aromatic nitrogens is 2. The molecule has 0 bridgehead atoms. The number of nitrogens with zero attached hydrogens (tertiary/aromatic N) is 3. The van der Waals surface area contributed by atoms with E-state index < -0.39 is 0 Å². The van der Waals surface area contributed by atoms with Gasteiger partial charge in [0.05, 0.1) is 18.6 Å². The molecule has 12 heavy (non-hydrogen) atoms. The molecule has 0 aliphatic carbocycles. The van der Waals surface area contributed by atoms with Gasteiger partial charge in [0.25, 0.3) is 0 Å². The van der Waals surface area contributed by atoms with Crippen LogP contribution < -0.4 is 11.2 Å². The minimum Gasteiger partial charge on any atom is -0.375 e. The van der Waals surface area contributed by atoms with Crippen molar-refractivity contribution in [2.24, 2.45) is 10.8 Å². The van der Waals surface area contributed by atoms with Gasteiger partial charge in [-0.1, -0.05) is 0 Å². The van der Waals surface area contributed by atoms with E-state index in [0.717, 1.165) is 5.56 Å². The molecule has 5 nitrogen and oxygen atoms in total. The number of hydrogen-bond acceptors (Lipinski definition) is 4.